The lowest BCUT2D eigenvalue weighted by molar-refractivity contribution is -0.0806. The van der Waals surface area contributed by atoms with E-state index in [1.807, 2.05) is 73.7 Å². The Kier molecular flexibility index (Phi) is 8.68. The fraction of sp³-hybridized carbons (Fsp3) is 0.333. The molecule has 170 valence electrons. The Balaban J connectivity index is 2.14. The van der Waals surface area contributed by atoms with E-state index in [9.17, 15) is 5.11 Å². The number of aliphatic hydroxyl groups excluding tert-OH is 1. The van der Waals surface area contributed by atoms with Crippen molar-refractivity contribution in [2.24, 2.45) is 0 Å². The number of rotatable bonds is 12. The van der Waals surface area contributed by atoms with Crippen LogP contribution in [0.25, 0.3) is 0 Å². The maximum atomic E-state index is 9.86. The van der Waals surface area contributed by atoms with Crippen molar-refractivity contribution in [3.05, 3.63) is 95.6 Å². The average molecular weight is 437 g/mol. The minimum Gasteiger partial charge on any atom is -0.497 e. The summed E-state index contributed by atoms with van der Waals surface area (Å²) in [5.41, 5.74) is 1.95. The number of ether oxygens (including phenoxy) is 4. The summed E-state index contributed by atoms with van der Waals surface area (Å²) in [6.45, 7) is 2.72. The van der Waals surface area contributed by atoms with Gasteiger partial charge in [0.15, 0.2) is 0 Å². The van der Waals surface area contributed by atoms with E-state index in [4.69, 9.17) is 18.9 Å². The first-order valence-electron chi connectivity index (χ1n) is 10.9. The highest BCUT2D eigenvalue weighted by atomic mass is 16.5. The molecule has 0 amide bonds. The second-order valence-electron chi connectivity index (χ2n) is 7.49. The first kappa shape index (κ1) is 23.8. The Morgan fingerprint density at radius 3 is 1.69 bits per heavy atom. The summed E-state index contributed by atoms with van der Waals surface area (Å²) >= 11 is 0. The maximum Gasteiger partial charge on any atom is 0.143 e. The Morgan fingerprint density at radius 2 is 1.25 bits per heavy atom. The van der Waals surface area contributed by atoms with Crippen molar-refractivity contribution < 1.29 is 24.1 Å². The van der Waals surface area contributed by atoms with E-state index in [0.29, 0.717) is 6.61 Å². The highest BCUT2D eigenvalue weighted by molar-refractivity contribution is 5.49. The van der Waals surface area contributed by atoms with Gasteiger partial charge in [0, 0.05) is 6.61 Å². The lowest BCUT2D eigenvalue weighted by Crippen LogP contribution is -2.37. The number of benzene rings is 3. The van der Waals surface area contributed by atoms with Crippen LogP contribution in [-0.2, 0) is 15.1 Å². The largest absolute Gasteiger partial charge is 0.497 e. The highest BCUT2D eigenvalue weighted by Gasteiger charge is 2.38. The van der Waals surface area contributed by atoms with E-state index in [2.05, 4.69) is 12.1 Å². The molecular formula is C27H32O5. The fourth-order valence-corrected chi connectivity index (χ4v) is 3.73. The van der Waals surface area contributed by atoms with Gasteiger partial charge in [-0.05, 0) is 47.4 Å². The molecule has 0 heterocycles. The van der Waals surface area contributed by atoms with Gasteiger partial charge in [0.05, 0.1) is 27.4 Å². The Morgan fingerprint density at radius 1 is 0.750 bits per heavy atom. The van der Waals surface area contributed by atoms with Crippen LogP contribution in [0.3, 0.4) is 0 Å². The summed E-state index contributed by atoms with van der Waals surface area (Å²) < 4.78 is 23.3. The zero-order chi connectivity index (χ0) is 22.8. The van der Waals surface area contributed by atoms with Crippen molar-refractivity contribution in [3.8, 4) is 11.5 Å². The molecule has 1 unspecified atom stereocenters. The standard InChI is InChI=1S/C27H32O5/c1-4-18-31-26(19-28)20-32-27(21-8-6-5-7-9-21,22-10-14-24(29-2)15-11-22)23-12-16-25(30-3)17-13-23/h5-17,26,28H,4,18-20H2,1-3H3. The second-order valence-corrected chi connectivity index (χ2v) is 7.49. The van der Waals surface area contributed by atoms with Gasteiger partial charge in [-0.2, -0.15) is 0 Å². The molecule has 0 radical (unpaired) electrons. The zero-order valence-electron chi connectivity index (χ0n) is 19.0. The SMILES string of the molecule is CCCOC(CO)COC(c1ccccc1)(c1ccc(OC)cc1)c1ccc(OC)cc1. The molecule has 1 N–H and O–H groups in total. The Bertz CT molecular complexity index is 875. The summed E-state index contributed by atoms with van der Waals surface area (Å²) in [5.74, 6) is 1.54. The van der Waals surface area contributed by atoms with E-state index in [1.54, 1.807) is 14.2 Å². The van der Waals surface area contributed by atoms with Crippen LogP contribution in [0.4, 0.5) is 0 Å². The van der Waals surface area contributed by atoms with Crippen molar-refractivity contribution in [1.82, 2.24) is 0 Å². The monoisotopic (exact) mass is 436 g/mol. The molecule has 3 rings (SSSR count). The molecule has 0 bridgehead atoms. The quantitative estimate of drug-likeness (QED) is 0.413. The lowest BCUT2D eigenvalue weighted by atomic mass is 9.80. The zero-order valence-corrected chi connectivity index (χ0v) is 19.0. The smallest absolute Gasteiger partial charge is 0.143 e. The van der Waals surface area contributed by atoms with E-state index in [0.717, 1.165) is 34.6 Å². The van der Waals surface area contributed by atoms with Gasteiger partial charge in [-0.3, -0.25) is 0 Å². The van der Waals surface area contributed by atoms with Crippen LogP contribution in [0.1, 0.15) is 30.0 Å². The summed E-state index contributed by atoms with van der Waals surface area (Å²) in [4.78, 5) is 0. The van der Waals surface area contributed by atoms with Gasteiger partial charge >= 0.3 is 0 Å². The second kappa shape index (κ2) is 11.7. The normalized spacial score (nSPS) is 12.4. The van der Waals surface area contributed by atoms with Gasteiger partial charge < -0.3 is 24.1 Å². The van der Waals surface area contributed by atoms with E-state index in [-0.39, 0.29) is 13.2 Å². The van der Waals surface area contributed by atoms with Crippen molar-refractivity contribution in [2.75, 3.05) is 34.0 Å². The summed E-state index contributed by atoms with van der Waals surface area (Å²) in [6, 6.07) is 25.8. The van der Waals surface area contributed by atoms with Crippen LogP contribution in [-0.4, -0.2) is 45.3 Å². The van der Waals surface area contributed by atoms with Crippen LogP contribution in [0.2, 0.25) is 0 Å². The lowest BCUT2D eigenvalue weighted by Gasteiger charge is -2.37. The molecule has 1 atom stereocenters. The van der Waals surface area contributed by atoms with Crippen molar-refractivity contribution in [3.63, 3.8) is 0 Å². The van der Waals surface area contributed by atoms with Crippen LogP contribution < -0.4 is 9.47 Å². The third-order valence-electron chi connectivity index (χ3n) is 5.42. The minimum absolute atomic E-state index is 0.115. The number of hydrogen-bond acceptors (Lipinski definition) is 5. The van der Waals surface area contributed by atoms with Crippen LogP contribution in [0.15, 0.2) is 78.9 Å². The van der Waals surface area contributed by atoms with Gasteiger partial charge in [-0.25, -0.2) is 0 Å². The van der Waals surface area contributed by atoms with Crippen LogP contribution in [0.5, 0.6) is 11.5 Å². The maximum absolute atomic E-state index is 9.86. The third kappa shape index (κ3) is 5.30. The molecule has 5 heteroatoms. The van der Waals surface area contributed by atoms with Gasteiger partial charge in [0.1, 0.15) is 23.2 Å². The molecular weight excluding hydrogens is 404 g/mol. The molecule has 0 aliphatic rings. The van der Waals surface area contributed by atoms with Crippen LogP contribution >= 0.6 is 0 Å². The first-order chi connectivity index (χ1) is 15.7. The van der Waals surface area contributed by atoms with Gasteiger partial charge in [0.2, 0.25) is 0 Å². The molecule has 5 nitrogen and oxygen atoms in total. The Labute approximate surface area is 190 Å². The van der Waals surface area contributed by atoms with E-state index < -0.39 is 11.7 Å². The topological polar surface area (TPSA) is 57.2 Å². The molecule has 0 fully saturated rings. The fourth-order valence-electron chi connectivity index (χ4n) is 3.73. The molecule has 3 aromatic carbocycles. The number of aliphatic hydroxyl groups is 1. The molecule has 32 heavy (non-hydrogen) atoms. The molecule has 0 aliphatic heterocycles. The summed E-state index contributed by atoms with van der Waals surface area (Å²) in [6.07, 6.45) is 0.451. The van der Waals surface area contributed by atoms with Gasteiger partial charge in [-0.15, -0.1) is 0 Å². The van der Waals surface area contributed by atoms with Gasteiger partial charge in [0.25, 0.3) is 0 Å². The molecule has 0 saturated heterocycles. The first-order valence-corrected chi connectivity index (χ1v) is 10.9. The number of methoxy groups -OCH3 is 2. The van der Waals surface area contributed by atoms with E-state index in [1.165, 1.54) is 0 Å². The summed E-state index contributed by atoms with van der Waals surface area (Å²) in [5, 5.41) is 9.86. The van der Waals surface area contributed by atoms with Crippen LogP contribution in [0, 0.1) is 0 Å². The Hall–Kier alpha value is -2.86. The van der Waals surface area contributed by atoms with Crippen molar-refractivity contribution >= 4 is 0 Å². The molecule has 0 saturated carbocycles. The predicted molar refractivity (Wildman–Crippen MR) is 125 cm³/mol. The highest BCUT2D eigenvalue weighted by Crippen LogP contribution is 2.41. The van der Waals surface area contributed by atoms with E-state index >= 15 is 0 Å². The molecule has 0 spiro atoms. The molecule has 0 aliphatic carbocycles. The van der Waals surface area contributed by atoms with Crippen molar-refractivity contribution in [2.45, 2.75) is 25.0 Å². The predicted octanol–water partition coefficient (Wildman–Crippen LogP) is 4.80. The van der Waals surface area contributed by atoms with Gasteiger partial charge in [-0.1, -0.05) is 61.5 Å². The molecule has 0 aromatic heterocycles. The van der Waals surface area contributed by atoms with Crippen molar-refractivity contribution in [1.29, 1.82) is 0 Å². The average Bonchev–Trinajstić information content (AvgIpc) is 2.87. The minimum atomic E-state index is -0.914. The number of hydrogen-bond donors (Lipinski definition) is 1. The molecule has 3 aromatic rings. The third-order valence-corrected chi connectivity index (χ3v) is 5.42. The summed E-state index contributed by atoms with van der Waals surface area (Å²) in [7, 11) is 3.30.